The van der Waals surface area contributed by atoms with Gasteiger partial charge < -0.3 is 5.32 Å². The molecular weight excluding hydrogens is 266 g/mol. The van der Waals surface area contributed by atoms with Crippen LogP contribution < -0.4 is 5.32 Å². The Morgan fingerprint density at radius 3 is 2.62 bits per heavy atom. The normalized spacial score (nSPS) is 10.4. The van der Waals surface area contributed by atoms with E-state index in [1.54, 1.807) is 28.9 Å². The van der Waals surface area contributed by atoms with E-state index in [4.69, 9.17) is 0 Å². The number of benzene rings is 1. The van der Waals surface area contributed by atoms with Gasteiger partial charge >= 0.3 is 0 Å². The van der Waals surface area contributed by atoms with E-state index in [2.05, 4.69) is 10.4 Å². The molecule has 0 aliphatic heterocycles. The van der Waals surface area contributed by atoms with Crippen LogP contribution >= 0.6 is 0 Å². The molecule has 21 heavy (non-hydrogen) atoms. The first kappa shape index (κ1) is 15.0. The van der Waals surface area contributed by atoms with E-state index in [0.717, 1.165) is 11.3 Å². The van der Waals surface area contributed by atoms with E-state index in [1.165, 1.54) is 6.92 Å². The Bertz CT molecular complexity index is 674. The monoisotopic (exact) mass is 285 g/mol. The molecule has 0 aliphatic rings. The summed E-state index contributed by atoms with van der Waals surface area (Å²) < 4.78 is 1.74. The molecule has 1 aromatic heterocycles. The second-order valence-corrected chi connectivity index (χ2v) is 5.06. The molecule has 2 rings (SSSR count). The molecule has 1 amide bonds. The number of nitrogens with zero attached hydrogens (tertiary/aromatic N) is 2. The van der Waals surface area contributed by atoms with E-state index >= 15 is 0 Å². The molecule has 0 saturated carbocycles. The molecule has 1 heterocycles. The minimum absolute atomic E-state index is 0.0611. The summed E-state index contributed by atoms with van der Waals surface area (Å²) in [6.45, 7) is 3.42. The van der Waals surface area contributed by atoms with Crippen molar-refractivity contribution in [2.75, 3.05) is 5.32 Å². The lowest BCUT2D eigenvalue weighted by atomic mass is 10.1. The first-order valence-corrected chi connectivity index (χ1v) is 6.86. The fourth-order valence-electron chi connectivity index (χ4n) is 2.25. The summed E-state index contributed by atoms with van der Waals surface area (Å²) in [5.41, 5.74) is 3.10. The number of rotatable bonds is 5. The van der Waals surface area contributed by atoms with Crippen molar-refractivity contribution in [2.45, 2.75) is 26.7 Å². The summed E-state index contributed by atoms with van der Waals surface area (Å²) in [5.74, 6) is -0.166. The number of amides is 1. The molecule has 0 fully saturated rings. The lowest BCUT2D eigenvalue weighted by Gasteiger charge is -2.08. The Morgan fingerprint density at radius 1 is 1.29 bits per heavy atom. The number of Topliss-reactive ketones (excluding diaryl/α,β-unsaturated/α-hetero) is 1. The maximum absolute atomic E-state index is 12.0. The molecule has 0 atom stereocenters. The second-order valence-electron chi connectivity index (χ2n) is 5.06. The zero-order valence-electron chi connectivity index (χ0n) is 12.5. The van der Waals surface area contributed by atoms with Crippen LogP contribution in [-0.4, -0.2) is 21.5 Å². The van der Waals surface area contributed by atoms with Gasteiger partial charge in [-0.2, -0.15) is 5.10 Å². The Balaban J connectivity index is 1.99. The van der Waals surface area contributed by atoms with Gasteiger partial charge in [0, 0.05) is 25.2 Å². The highest BCUT2D eigenvalue weighted by atomic mass is 16.1. The molecule has 0 aliphatic carbocycles. The molecule has 1 N–H and O–H groups in total. The van der Waals surface area contributed by atoms with Crippen LogP contribution in [0.4, 0.5) is 5.69 Å². The van der Waals surface area contributed by atoms with Gasteiger partial charge in [-0.3, -0.25) is 14.3 Å². The Kier molecular flexibility index (Phi) is 4.52. The van der Waals surface area contributed by atoms with Gasteiger partial charge in [0.15, 0.2) is 5.78 Å². The summed E-state index contributed by atoms with van der Waals surface area (Å²) in [7, 11) is 1.86. The van der Waals surface area contributed by atoms with E-state index in [9.17, 15) is 9.59 Å². The molecular formula is C16H19N3O2. The van der Waals surface area contributed by atoms with Gasteiger partial charge in [0.05, 0.1) is 11.4 Å². The predicted octanol–water partition coefficient (Wildman–Crippen LogP) is 2.50. The summed E-state index contributed by atoms with van der Waals surface area (Å²) in [6, 6.07) is 7.03. The van der Waals surface area contributed by atoms with Gasteiger partial charge in [0.1, 0.15) is 0 Å². The third kappa shape index (κ3) is 3.78. The first-order chi connectivity index (χ1) is 9.97. The summed E-state index contributed by atoms with van der Waals surface area (Å²) in [5, 5.41) is 7.05. The molecule has 5 nitrogen and oxygen atoms in total. The Labute approximate surface area is 124 Å². The van der Waals surface area contributed by atoms with Crippen LogP contribution in [0.25, 0.3) is 0 Å². The molecule has 5 heteroatoms. The maximum atomic E-state index is 12.0. The highest BCUT2D eigenvalue weighted by Crippen LogP contribution is 2.16. The van der Waals surface area contributed by atoms with Crippen LogP contribution in [0.2, 0.25) is 0 Å². The zero-order chi connectivity index (χ0) is 15.4. The minimum Gasteiger partial charge on any atom is -0.325 e. The molecule has 0 saturated heterocycles. The number of aromatic nitrogens is 2. The number of para-hydroxylation sites is 1. The van der Waals surface area contributed by atoms with Crippen molar-refractivity contribution in [3.63, 3.8) is 0 Å². The third-order valence-corrected chi connectivity index (χ3v) is 3.32. The second kappa shape index (κ2) is 6.35. The topological polar surface area (TPSA) is 64.0 Å². The van der Waals surface area contributed by atoms with Crippen LogP contribution in [-0.2, 0) is 18.3 Å². The van der Waals surface area contributed by atoms with Gasteiger partial charge in [-0.05, 0) is 38.0 Å². The minimum atomic E-state index is -0.105. The van der Waals surface area contributed by atoms with Gasteiger partial charge in [-0.1, -0.05) is 12.1 Å². The van der Waals surface area contributed by atoms with Crippen molar-refractivity contribution in [2.24, 2.45) is 7.05 Å². The fourth-order valence-corrected chi connectivity index (χ4v) is 2.25. The SMILES string of the molecule is CC(=O)c1ccccc1NC(=O)CCc1cn(C)nc1C. The number of nitrogens with one attached hydrogen (secondary N) is 1. The van der Waals surface area contributed by atoms with Crippen LogP contribution in [0.5, 0.6) is 0 Å². The fraction of sp³-hybridized carbons (Fsp3) is 0.312. The van der Waals surface area contributed by atoms with E-state index in [0.29, 0.717) is 24.1 Å². The first-order valence-electron chi connectivity index (χ1n) is 6.86. The largest absolute Gasteiger partial charge is 0.325 e. The zero-order valence-corrected chi connectivity index (χ0v) is 12.5. The van der Waals surface area contributed by atoms with Crippen molar-refractivity contribution in [1.82, 2.24) is 9.78 Å². The number of aryl methyl sites for hydroxylation is 3. The Hall–Kier alpha value is -2.43. The average molecular weight is 285 g/mol. The van der Waals surface area contributed by atoms with Crippen LogP contribution in [0, 0.1) is 6.92 Å². The average Bonchev–Trinajstić information content (AvgIpc) is 2.75. The highest BCUT2D eigenvalue weighted by Gasteiger charge is 2.11. The standard InChI is InChI=1S/C16H19N3O2/c1-11-13(10-19(3)18-11)8-9-16(21)17-15-7-5-4-6-14(15)12(2)20/h4-7,10H,8-9H2,1-3H3,(H,17,21). The number of carbonyl (C=O) groups excluding carboxylic acids is 2. The quantitative estimate of drug-likeness (QED) is 0.858. The van der Waals surface area contributed by atoms with Crippen molar-refractivity contribution in [1.29, 1.82) is 0 Å². The summed E-state index contributed by atoms with van der Waals surface area (Å²) in [6.07, 6.45) is 2.92. The lowest BCUT2D eigenvalue weighted by Crippen LogP contribution is -2.14. The maximum Gasteiger partial charge on any atom is 0.224 e. The number of hydrogen-bond acceptors (Lipinski definition) is 3. The Morgan fingerprint density at radius 2 is 2.00 bits per heavy atom. The molecule has 0 bridgehead atoms. The smallest absolute Gasteiger partial charge is 0.224 e. The van der Waals surface area contributed by atoms with Crippen LogP contribution in [0.15, 0.2) is 30.5 Å². The summed E-state index contributed by atoms with van der Waals surface area (Å²) in [4.78, 5) is 23.5. The number of anilines is 1. The van der Waals surface area contributed by atoms with E-state index in [1.807, 2.05) is 20.2 Å². The van der Waals surface area contributed by atoms with Gasteiger partial charge in [0.2, 0.25) is 5.91 Å². The molecule has 2 aromatic rings. The van der Waals surface area contributed by atoms with Gasteiger partial charge in [0.25, 0.3) is 0 Å². The number of carbonyl (C=O) groups is 2. The molecule has 1 aromatic carbocycles. The third-order valence-electron chi connectivity index (χ3n) is 3.32. The predicted molar refractivity (Wildman–Crippen MR) is 81.3 cm³/mol. The van der Waals surface area contributed by atoms with Gasteiger partial charge in [-0.15, -0.1) is 0 Å². The molecule has 110 valence electrons. The van der Waals surface area contributed by atoms with Crippen molar-refractivity contribution in [3.05, 3.63) is 47.3 Å². The molecule has 0 radical (unpaired) electrons. The summed E-state index contributed by atoms with van der Waals surface area (Å²) >= 11 is 0. The van der Waals surface area contributed by atoms with Gasteiger partial charge in [-0.25, -0.2) is 0 Å². The lowest BCUT2D eigenvalue weighted by molar-refractivity contribution is -0.116. The van der Waals surface area contributed by atoms with Crippen molar-refractivity contribution < 1.29 is 9.59 Å². The van der Waals surface area contributed by atoms with Crippen LogP contribution in [0.1, 0.15) is 35.0 Å². The van der Waals surface area contributed by atoms with Crippen LogP contribution in [0.3, 0.4) is 0 Å². The highest BCUT2D eigenvalue weighted by molar-refractivity contribution is 6.03. The number of ketones is 1. The van der Waals surface area contributed by atoms with E-state index < -0.39 is 0 Å². The molecule has 0 spiro atoms. The molecule has 0 unspecified atom stereocenters. The van der Waals surface area contributed by atoms with Crippen molar-refractivity contribution >= 4 is 17.4 Å². The van der Waals surface area contributed by atoms with Crippen molar-refractivity contribution in [3.8, 4) is 0 Å². The number of hydrogen-bond donors (Lipinski definition) is 1. The van der Waals surface area contributed by atoms with E-state index in [-0.39, 0.29) is 11.7 Å².